The van der Waals surface area contributed by atoms with Crippen LogP contribution in [0.15, 0.2) is 12.2 Å². The third-order valence-corrected chi connectivity index (χ3v) is 8.98. The van der Waals surface area contributed by atoms with Gasteiger partial charge in [0.2, 0.25) is 0 Å². The predicted molar refractivity (Wildman–Crippen MR) is 147 cm³/mol. The molecule has 4 amide bonds. The van der Waals surface area contributed by atoms with Gasteiger partial charge in [-0.1, -0.05) is 27.4 Å². The van der Waals surface area contributed by atoms with Crippen LogP contribution < -0.4 is 21.3 Å². The summed E-state index contributed by atoms with van der Waals surface area (Å²) in [4.78, 5) is 48.4. The molecule has 0 aliphatic heterocycles. The minimum Gasteiger partial charge on any atom is -0.460 e. The zero-order valence-electron chi connectivity index (χ0n) is 23.6. The summed E-state index contributed by atoms with van der Waals surface area (Å²) >= 11 is 0. The lowest BCUT2D eigenvalue weighted by molar-refractivity contribution is -0.138. The first-order valence-electron chi connectivity index (χ1n) is 13.2. The van der Waals surface area contributed by atoms with Crippen molar-refractivity contribution in [2.75, 3.05) is 39.5 Å². The summed E-state index contributed by atoms with van der Waals surface area (Å²) < 4.78 is 38.7. The second-order valence-corrected chi connectivity index (χ2v) is 13.5. The molecule has 13 nitrogen and oxygen atoms in total. The van der Waals surface area contributed by atoms with Gasteiger partial charge in [-0.05, 0) is 50.4 Å². The SMILES string of the molecule is C=C(C)C(=O)OCCNC(=O)NC(CC)(COC(=O)NCCC[Si](=O)CC)COC(=O)NCCC[Si](=O)CC. The number of carbonyl (C=O) groups excluding carboxylic acids is 4. The van der Waals surface area contributed by atoms with Gasteiger partial charge in [-0.3, -0.25) is 0 Å². The molecule has 0 bridgehead atoms. The van der Waals surface area contributed by atoms with E-state index in [4.69, 9.17) is 14.2 Å². The molecule has 4 N–H and O–H groups in total. The van der Waals surface area contributed by atoms with Crippen molar-refractivity contribution >= 4 is 41.6 Å². The van der Waals surface area contributed by atoms with E-state index in [1.807, 2.05) is 13.8 Å². The number of hydrogen-bond donors (Lipinski definition) is 4. The number of hydrogen-bond acceptors (Lipinski definition) is 9. The van der Waals surface area contributed by atoms with Gasteiger partial charge in [0.05, 0.1) is 6.54 Å². The molecule has 0 aliphatic carbocycles. The van der Waals surface area contributed by atoms with Crippen molar-refractivity contribution in [3.05, 3.63) is 12.2 Å². The highest BCUT2D eigenvalue weighted by Gasteiger charge is 2.34. The van der Waals surface area contributed by atoms with Crippen LogP contribution in [0.25, 0.3) is 0 Å². The van der Waals surface area contributed by atoms with Crippen molar-refractivity contribution in [2.24, 2.45) is 0 Å². The zero-order valence-corrected chi connectivity index (χ0v) is 25.6. The quantitative estimate of drug-likeness (QED) is 0.0547. The van der Waals surface area contributed by atoms with Crippen LogP contribution in [0.1, 0.15) is 47.0 Å². The molecule has 0 rings (SSSR count). The van der Waals surface area contributed by atoms with E-state index in [1.165, 1.54) is 6.92 Å². The maximum absolute atomic E-state index is 12.5. The van der Waals surface area contributed by atoms with Crippen molar-refractivity contribution in [2.45, 2.75) is 76.7 Å². The van der Waals surface area contributed by atoms with Crippen LogP contribution in [0, 0.1) is 0 Å². The van der Waals surface area contributed by atoms with E-state index >= 15 is 0 Å². The van der Waals surface area contributed by atoms with Crippen LogP contribution in [0.3, 0.4) is 0 Å². The van der Waals surface area contributed by atoms with Gasteiger partial charge in [0.15, 0.2) is 0 Å². The molecule has 0 aliphatic rings. The Labute approximate surface area is 233 Å². The maximum atomic E-state index is 12.5. The minimum absolute atomic E-state index is 0.00906. The maximum Gasteiger partial charge on any atom is 0.407 e. The largest absolute Gasteiger partial charge is 0.460 e. The van der Waals surface area contributed by atoms with Crippen molar-refractivity contribution in [3.63, 3.8) is 0 Å². The molecule has 0 aromatic heterocycles. The molecule has 222 valence electrons. The Balaban J connectivity index is 4.98. The van der Waals surface area contributed by atoms with E-state index in [1.54, 1.807) is 6.92 Å². The third kappa shape index (κ3) is 18.1. The average molecular weight is 589 g/mol. The number of ether oxygens (including phenoxy) is 3. The monoisotopic (exact) mass is 588 g/mol. The fourth-order valence-electron chi connectivity index (χ4n) is 2.94. The lowest BCUT2D eigenvalue weighted by atomic mass is 9.98. The molecule has 0 radical (unpaired) electrons. The smallest absolute Gasteiger partial charge is 0.407 e. The molecule has 0 atom stereocenters. The van der Waals surface area contributed by atoms with E-state index in [0.29, 0.717) is 37.0 Å². The van der Waals surface area contributed by atoms with Crippen LogP contribution in [-0.4, -0.2) is 86.5 Å². The van der Waals surface area contributed by atoms with Gasteiger partial charge in [0.25, 0.3) is 17.4 Å². The van der Waals surface area contributed by atoms with Gasteiger partial charge in [-0.2, -0.15) is 0 Å². The fourth-order valence-corrected chi connectivity index (χ4v) is 4.79. The molecular formula is C24H44N4O9Si2. The fraction of sp³-hybridized carbons (Fsp3) is 0.750. The van der Waals surface area contributed by atoms with E-state index < -0.39 is 47.1 Å². The Hall–Kier alpha value is -2.95. The Kier molecular flexibility index (Phi) is 19.4. The Bertz CT molecular complexity index is 815. The van der Waals surface area contributed by atoms with Gasteiger partial charge in [-0.15, -0.1) is 0 Å². The summed E-state index contributed by atoms with van der Waals surface area (Å²) in [7, 11) is -3.25. The van der Waals surface area contributed by atoms with Crippen LogP contribution >= 0.6 is 0 Å². The number of carbonyl (C=O) groups is 4. The summed E-state index contributed by atoms with van der Waals surface area (Å²) in [6.07, 6.45) is -0.121. The Morgan fingerprint density at radius 1 is 0.769 bits per heavy atom. The third-order valence-electron chi connectivity index (χ3n) is 5.58. The van der Waals surface area contributed by atoms with Gasteiger partial charge in [0.1, 0.15) is 25.4 Å². The average Bonchev–Trinajstić information content (AvgIpc) is 2.92. The summed E-state index contributed by atoms with van der Waals surface area (Å²) in [6, 6.07) is 1.64. The summed E-state index contributed by atoms with van der Waals surface area (Å²) in [6.45, 7) is 10.3. The molecular weight excluding hydrogens is 544 g/mol. The molecule has 15 heteroatoms. The highest BCUT2D eigenvalue weighted by molar-refractivity contribution is 6.42. The molecule has 39 heavy (non-hydrogen) atoms. The van der Waals surface area contributed by atoms with E-state index in [9.17, 15) is 28.1 Å². The second-order valence-electron chi connectivity index (χ2n) is 8.93. The second kappa shape index (κ2) is 20.9. The molecule has 0 aromatic rings. The number of alkyl carbamates (subject to hydrolysis) is 2. The molecule has 0 spiro atoms. The van der Waals surface area contributed by atoms with Crippen molar-refractivity contribution in [3.8, 4) is 0 Å². The molecule has 0 saturated carbocycles. The standard InChI is InChI=1S/C24H44N4O9Si2/c1-6-24(17-36-22(31)26-11-9-15-38(33)7-2,18-37-23(32)27-12-10-16-39(34)8-3)28-21(30)25-13-14-35-20(29)19(4)5/h4,6-18H2,1-3,5H3,(H,26,31)(H,27,32)(H2,25,28,30). The molecule has 0 unspecified atom stereocenters. The summed E-state index contributed by atoms with van der Waals surface area (Å²) in [5.41, 5.74) is -1.02. The Morgan fingerprint density at radius 2 is 1.26 bits per heavy atom. The topological polar surface area (TPSA) is 178 Å². The van der Waals surface area contributed by atoms with E-state index in [-0.39, 0.29) is 51.4 Å². The van der Waals surface area contributed by atoms with Gasteiger partial charge < -0.3 is 44.4 Å². The van der Waals surface area contributed by atoms with E-state index in [2.05, 4.69) is 27.8 Å². The Morgan fingerprint density at radius 3 is 1.67 bits per heavy atom. The van der Waals surface area contributed by atoms with Crippen LogP contribution in [0.5, 0.6) is 0 Å². The normalized spacial score (nSPS) is 10.6. The van der Waals surface area contributed by atoms with Crippen LogP contribution in [-0.2, 0) is 27.9 Å². The van der Waals surface area contributed by atoms with E-state index in [0.717, 1.165) is 0 Å². The first-order valence-corrected chi connectivity index (χ1v) is 16.9. The van der Waals surface area contributed by atoms with Gasteiger partial charge in [0, 0.05) is 18.7 Å². The molecule has 0 heterocycles. The van der Waals surface area contributed by atoms with Crippen LogP contribution in [0.4, 0.5) is 14.4 Å². The number of nitrogens with one attached hydrogen (secondary N) is 4. The van der Waals surface area contributed by atoms with Crippen molar-refractivity contribution < 1.29 is 42.3 Å². The zero-order chi connectivity index (χ0) is 29.7. The predicted octanol–water partition coefficient (Wildman–Crippen LogP) is 2.67. The number of rotatable bonds is 20. The first kappa shape index (κ1) is 36.1. The van der Waals surface area contributed by atoms with Gasteiger partial charge >= 0.3 is 24.2 Å². The highest BCUT2D eigenvalue weighted by Crippen LogP contribution is 2.13. The molecule has 0 fully saturated rings. The minimum atomic E-state index is -1.62. The van der Waals surface area contributed by atoms with Crippen LogP contribution in [0.2, 0.25) is 24.2 Å². The number of urea groups is 1. The lowest BCUT2D eigenvalue weighted by Crippen LogP contribution is -2.58. The first-order chi connectivity index (χ1) is 18.5. The van der Waals surface area contributed by atoms with Crippen molar-refractivity contribution in [1.82, 2.24) is 21.3 Å². The van der Waals surface area contributed by atoms with Gasteiger partial charge in [-0.25, -0.2) is 19.2 Å². The molecule has 0 saturated heterocycles. The summed E-state index contributed by atoms with van der Waals surface area (Å²) in [5, 5.41) is 10.4. The highest BCUT2D eigenvalue weighted by atomic mass is 28.3. The lowest BCUT2D eigenvalue weighted by Gasteiger charge is -2.32. The number of amides is 4. The van der Waals surface area contributed by atoms with Crippen molar-refractivity contribution in [1.29, 1.82) is 0 Å². The summed E-state index contributed by atoms with van der Waals surface area (Å²) in [5.74, 6) is -0.580. The number of esters is 1. The molecule has 0 aromatic carbocycles.